The maximum absolute atomic E-state index is 13.7. The van der Waals surface area contributed by atoms with Crippen molar-refractivity contribution in [2.24, 2.45) is 5.41 Å². The molecule has 1 aliphatic rings. The van der Waals surface area contributed by atoms with Gasteiger partial charge in [0, 0.05) is 11.0 Å². The van der Waals surface area contributed by atoms with Crippen molar-refractivity contribution in [1.29, 1.82) is 0 Å². The lowest BCUT2D eigenvalue weighted by molar-refractivity contribution is -0.132. The molecule has 3 nitrogen and oxygen atoms in total. The molecule has 1 aromatic rings. The summed E-state index contributed by atoms with van der Waals surface area (Å²) >= 11 is 0. The number of amides is 1. The summed E-state index contributed by atoms with van der Waals surface area (Å²) in [5.41, 5.74) is -0.556. The number of hydrogen-bond donors (Lipinski definition) is 2. The van der Waals surface area contributed by atoms with E-state index in [4.69, 9.17) is 0 Å². The van der Waals surface area contributed by atoms with Crippen LogP contribution in [0.1, 0.15) is 38.3 Å². The highest BCUT2D eigenvalue weighted by molar-refractivity contribution is 5.82. The molecule has 1 atom stereocenters. The van der Waals surface area contributed by atoms with Gasteiger partial charge in [-0.25, -0.2) is 8.78 Å². The second kappa shape index (κ2) is 5.87. The number of carbonyl (C=O) groups excluding carboxylic acids is 1. The molecule has 1 heterocycles. The molecule has 0 aliphatic carbocycles. The highest BCUT2D eigenvalue weighted by Gasteiger charge is 2.35. The van der Waals surface area contributed by atoms with E-state index in [9.17, 15) is 13.6 Å². The fourth-order valence-corrected chi connectivity index (χ4v) is 2.57. The first-order chi connectivity index (χ1) is 9.44. The number of carbonyl (C=O) groups is 1. The van der Waals surface area contributed by atoms with Gasteiger partial charge in [-0.05, 0) is 45.0 Å². The average molecular weight is 282 g/mol. The Morgan fingerprint density at radius 2 is 1.85 bits per heavy atom. The van der Waals surface area contributed by atoms with Crippen molar-refractivity contribution >= 4 is 5.91 Å². The van der Waals surface area contributed by atoms with E-state index in [1.165, 1.54) is 18.2 Å². The summed E-state index contributed by atoms with van der Waals surface area (Å²) in [7, 11) is 0. The van der Waals surface area contributed by atoms with Crippen molar-refractivity contribution in [3.63, 3.8) is 0 Å². The molecule has 1 aliphatic heterocycles. The van der Waals surface area contributed by atoms with Crippen LogP contribution >= 0.6 is 0 Å². The van der Waals surface area contributed by atoms with Gasteiger partial charge < -0.3 is 10.6 Å². The van der Waals surface area contributed by atoms with Gasteiger partial charge in [-0.1, -0.05) is 13.0 Å². The minimum atomic E-state index is -0.685. The topological polar surface area (TPSA) is 41.1 Å². The van der Waals surface area contributed by atoms with Gasteiger partial charge in [-0.2, -0.15) is 0 Å². The van der Waals surface area contributed by atoms with Gasteiger partial charge in [0.05, 0.1) is 6.04 Å². The van der Waals surface area contributed by atoms with Crippen LogP contribution in [0.15, 0.2) is 18.2 Å². The van der Waals surface area contributed by atoms with Crippen LogP contribution in [-0.2, 0) is 4.79 Å². The van der Waals surface area contributed by atoms with Crippen molar-refractivity contribution in [2.45, 2.75) is 32.7 Å². The SMILES string of the molecule is CC(NC(=O)C1(C)CCNCC1)c1c(F)cccc1F. The van der Waals surface area contributed by atoms with Crippen LogP contribution in [0.2, 0.25) is 0 Å². The Kier molecular flexibility index (Phi) is 4.38. The van der Waals surface area contributed by atoms with Gasteiger partial charge in [-0.3, -0.25) is 4.79 Å². The van der Waals surface area contributed by atoms with Crippen molar-refractivity contribution < 1.29 is 13.6 Å². The van der Waals surface area contributed by atoms with Crippen LogP contribution in [0.25, 0.3) is 0 Å². The summed E-state index contributed by atoms with van der Waals surface area (Å²) in [6.07, 6.45) is 1.45. The largest absolute Gasteiger partial charge is 0.349 e. The highest BCUT2D eigenvalue weighted by atomic mass is 19.1. The number of benzene rings is 1. The Bertz CT molecular complexity index is 478. The molecule has 110 valence electrons. The Morgan fingerprint density at radius 1 is 1.30 bits per heavy atom. The molecule has 1 fully saturated rings. The first-order valence-corrected chi connectivity index (χ1v) is 6.90. The molecule has 1 unspecified atom stereocenters. The van der Waals surface area contributed by atoms with Crippen LogP contribution < -0.4 is 10.6 Å². The predicted octanol–water partition coefficient (Wildman–Crippen LogP) is 2.53. The normalized spacial score (nSPS) is 19.4. The molecule has 1 aromatic carbocycles. The third-order valence-corrected chi connectivity index (χ3v) is 4.04. The summed E-state index contributed by atoms with van der Waals surface area (Å²) in [6, 6.07) is 3.03. The van der Waals surface area contributed by atoms with Gasteiger partial charge in [0.1, 0.15) is 11.6 Å². The van der Waals surface area contributed by atoms with Crippen LogP contribution in [0.5, 0.6) is 0 Å². The van der Waals surface area contributed by atoms with E-state index >= 15 is 0 Å². The molecule has 2 N–H and O–H groups in total. The minimum Gasteiger partial charge on any atom is -0.349 e. The predicted molar refractivity (Wildman–Crippen MR) is 73.1 cm³/mol. The van der Waals surface area contributed by atoms with Crippen LogP contribution in [0.4, 0.5) is 8.78 Å². The monoisotopic (exact) mass is 282 g/mol. The fraction of sp³-hybridized carbons (Fsp3) is 0.533. The number of rotatable bonds is 3. The lowest BCUT2D eigenvalue weighted by atomic mass is 9.80. The molecule has 0 bridgehead atoms. The first kappa shape index (κ1) is 14.9. The molecule has 5 heteroatoms. The summed E-state index contributed by atoms with van der Waals surface area (Å²) in [5.74, 6) is -1.41. The Labute approximate surface area is 117 Å². The molecule has 0 saturated carbocycles. The van der Waals surface area contributed by atoms with Crippen molar-refractivity contribution in [3.05, 3.63) is 35.4 Å². The summed E-state index contributed by atoms with van der Waals surface area (Å²) in [4.78, 5) is 12.3. The van der Waals surface area contributed by atoms with Crippen LogP contribution in [-0.4, -0.2) is 19.0 Å². The van der Waals surface area contributed by atoms with Crippen LogP contribution in [0, 0.1) is 17.0 Å². The molecule has 1 saturated heterocycles. The average Bonchev–Trinajstić information content (AvgIpc) is 2.39. The number of piperidine rings is 1. The van der Waals surface area contributed by atoms with Gasteiger partial charge in [0.15, 0.2) is 0 Å². The zero-order valence-electron chi connectivity index (χ0n) is 11.8. The van der Waals surface area contributed by atoms with E-state index < -0.39 is 23.1 Å². The van der Waals surface area contributed by atoms with Gasteiger partial charge in [0.25, 0.3) is 0 Å². The fourth-order valence-electron chi connectivity index (χ4n) is 2.57. The molecule has 0 spiro atoms. The van der Waals surface area contributed by atoms with Gasteiger partial charge in [-0.15, -0.1) is 0 Å². The van der Waals surface area contributed by atoms with Gasteiger partial charge in [0.2, 0.25) is 5.91 Å². The quantitative estimate of drug-likeness (QED) is 0.894. The third kappa shape index (κ3) is 2.98. The lowest BCUT2D eigenvalue weighted by Crippen LogP contribution is -2.46. The number of halogens is 2. The molecule has 1 amide bonds. The molecule has 0 radical (unpaired) electrons. The first-order valence-electron chi connectivity index (χ1n) is 6.90. The van der Waals surface area contributed by atoms with Crippen molar-refractivity contribution in [3.8, 4) is 0 Å². The Morgan fingerprint density at radius 3 is 2.40 bits per heavy atom. The number of hydrogen-bond acceptors (Lipinski definition) is 2. The zero-order valence-corrected chi connectivity index (χ0v) is 11.8. The zero-order chi connectivity index (χ0) is 14.8. The smallest absolute Gasteiger partial charge is 0.226 e. The Balaban J connectivity index is 2.11. The molecular weight excluding hydrogens is 262 g/mol. The van der Waals surface area contributed by atoms with Crippen LogP contribution in [0.3, 0.4) is 0 Å². The minimum absolute atomic E-state index is 0.0848. The van der Waals surface area contributed by atoms with E-state index in [-0.39, 0.29) is 11.5 Å². The summed E-state index contributed by atoms with van der Waals surface area (Å²) in [6.45, 7) is 5.07. The standard InChI is InChI=1S/C15H20F2N2O/c1-10(13-11(16)4-3-5-12(13)17)19-14(20)15(2)6-8-18-9-7-15/h3-5,10,18H,6-9H2,1-2H3,(H,19,20). The maximum atomic E-state index is 13.7. The third-order valence-electron chi connectivity index (χ3n) is 4.04. The van der Waals surface area contributed by atoms with E-state index in [0.717, 1.165) is 25.9 Å². The van der Waals surface area contributed by atoms with E-state index in [2.05, 4.69) is 10.6 Å². The van der Waals surface area contributed by atoms with Gasteiger partial charge >= 0.3 is 0 Å². The lowest BCUT2D eigenvalue weighted by Gasteiger charge is -2.33. The molecule has 20 heavy (non-hydrogen) atoms. The van der Waals surface area contributed by atoms with Crippen molar-refractivity contribution in [1.82, 2.24) is 10.6 Å². The number of nitrogens with one attached hydrogen (secondary N) is 2. The molecule has 2 rings (SSSR count). The van der Waals surface area contributed by atoms with E-state index in [1.54, 1.807) is 6.92 Å². The summed E-state index contributed by atoms with van der Waals surface area (Å²) < 4.78 is 27.4. The van der Waals surface area contributed by atoms with Crippen molar-refractivity contribution in [2.75, 3.05) is 13.1 Å². The van der Waals surface area contributed by atoms with E-state index in [0.29, 0.717) is 0 Å². The second-order valence-corrected chi connectivity index (χ2v) is 5.64. The summed E-state index contributed by atoms with van der Waals surface area (Å²) in [5, 5.41) is 5.94. The molecular formula is C15H20F2N2O. The second-order valence-electron chi connectivity index (χ2n) is 5.64. The Hall–Kier alpha value is -1.49. The van der Waals surface area contributed by atoms with E-state index in [1.807, 2.05) is 6.92 Å². The highest BCUT2D eigenvalue weighted by Crippen LogP contribution is 2.29. The maximum Gasteiger partial charge on any atom is 0.226 e. The molecule has 0 aromatic heterocycles.